The van der Waals surface area contributed by atoms with E-state index in [9.17, 15) is 5.53 Å². The van der Waals surface area contributed by atoms with E-state index < -0.39 is 0 Å². The molecule has 0 atom stereocenters. The van der Waals surface area contributed by atoms with Crippen LogP contribution < -0.4 is 0 Å². The van der Waals surface area contributed by atoms with Crippen LogP contribution in [0.4, 0.5) is 0 Å². The molecule has 31 heavy (non-hydrogen) atoms. The summed E-state index contributed by atoms with van der Waals surface area (Å²) >= 11 is 1.62. The third-order valence-electron chi connectivity index (χ3n) is 5.47. The summed E-state index contributed by atoms with van der Waals surface area (Å²) in [6, 6.07) is 17.2. The molecule has 0 aliphatic carbocycles. The molecule has 3 rings (SSSR count). The zero-order valence-electron chi connectivity index (χ0n) is 19.6. The Labute approximate surface area is 195 Å². The van der Waals surface area contributed by atoms with Crippen molar-refractivity contribution >= 4 is 11.4 Å². The van der Waals surface area contributed by atoms with Gasteiger partial charge in [0.15, 0.2) is 0 Å². The normalized spacial score (nSPS) is 13.0. The average molecular weight is 461 g/mol. The summed E-state index contributed by atoms with van der Waals surface area (Å²) in [5.74, 6) is 4.12. The van der Waals surface area contributed by atoms with Crippen molar-refractivity contribution in [2.24, 2.45) is 0 Å². The van der Waals surface area contributed by atoms with Crippen LogP contribution in [0.1, 0.15) is 74.6 Å². The Morgan fingerprint density at radius 3 is 1.97 bits per heavy atom. The Morgan fingerprint density at radius 1 is 0.710 bits per heavy atom. The quantitative estimate of drug-likeness (QED) is 0.192. The van der Waals surface area contributed by atoms with Crippen LogP contribution in [0.15, 0.2) is 60.7 Å². The molecule has 0 unspecified atom stereocenters. The average Bonchev–Trinajstić information content (AvgIpc) is 3.18. The summed E-state index contributed by atoms with van der Waals surface area (Å²) in [6.07, 6.45) is 13.7. The molecule has 0 radical (unpaired) electrons. The van der Waals surface area contributed by atoms with E-state index in [4.69, 9.17) is 0 Å². The fourth-order valence-electron chi connectivity index (χ4n) is 3.73. The second-order valence-corrected chi connectivity index (χ2v) is 9.03. The fraction of sp³-hybridized carbons (Fsp3) is 0.429. The van der Waals surface area contributed by atoms with Crippen LogP contribution in [0.5, 0.6) is 0 Å². The van der Waals surface area contributed by atoms with Gasteiger partial charge in [-0.1, -0.05) is 63.8 Å². The molecule has 2 aromatic carbocycles. The number of hydrogen-bond donors (Lipinski definition) is 0. The van der Waals surface area contributed by atoms with Crippen molar-refractivity contribution in [3.8, 4) is 0 Å². The van der Waals surface area contributed by atoms with Crippen LogP contribution in [-0.2, 0) is 27.3 Å². The van der Waals surface area contributed by atoms with E-state index in [1.54, 1.807) is 14.4 Å². The third kappa shape index (κ3) is 7.89. The third-order valence-corrected chi connectivity index (χ3v) is 5.47. The van der Waals surface area contributed by atoms with E-state index in [-0.39, 0.29) is 0 Å². The molecule has 170 valence electrons. The summed E-state index contributed by atoms with van der Waals surface area (Å²) in [7, 11) is 0. The van der Waals surface area contributed by atoms with Gasteiger partial charge >= 0.3 is 26.2 Å². The second kappa shape index (κ2) is 14.1. The molecular weight excluding hydrogens is 423 g/mol. The summed E-state index contributed by atoms with van der Waals surface area (Å²) in [4.78, 5) is 0. The number of allylic oxidation sites excluding steroid dienone is 2. The van der Waals surface area contributed by atoms with Crippen molar-refractivity contribution in [2.45, 2.75) is 77.0 Å². The molecule has 0 saturated carbocycles. The fourth-order valence-corrected chi connectivity index (χ4v) is 3.73. The standard InChI is InChI=1S/C26H32N2.2CH3.Ni/c1-3-5-7-8-11-22-12-9-13-24(20-22)26-19-18-25(28(26)27)23-16-14-21(15-17-23)10-6-4-2;;;/h9,12-20H,3-8,10-11H2,1-2H3;2*1H3;. The Hall–Kier alpha value is -1.99. The van der Waals surface area contributed by atoms with Gasteiger partial charge in [-0.05, 0) is 61.1 Å². The minimum atomic E-state index is 0.838. The predicted octanol–water partition coefficient (Wildman–Crippen LogP) is 8.75. The summed E-state index contributed by atoms with van der Waals surface area (Å²) in [6.45, 7) is 4.46. The van der Waals surface area contributed by atoms with Crippen molar-refractivity contribution in [3.63, 3.8) is 0 Å². The van der Waals surface area contributed by atoms with Crippen molar-refractivity contribution in [1.29, 1.82) is 0 Å². The number of unbranched alkanes of at least 4 members (excludes halogenated alkanes) is 4. The molecule has 3 heteroatoms. The Kier molecular flexibility index (Phi) is 11.5. The zero-order chi connectivity index (χ0) is 22.5. The SMILES string of the molecule is CCCCCCc1cccc(C2=CC=C(c3ccc(CCCC)cc3)[N+]2=[N-])c1.[CH3][Ni][CH3]. The minimum absolute atomic E-state index is 0.838. The monoisotopic (exact) mass is 460 g/mol. The van der Waals surface area contributed by atoms with Crippen LogP contribution >= 0.6 is 0 Å². The van der Waals surface area contributed by atoms with Crippen LogP contribution in [0.25, 0.3) is 16.9 Å². The molecule has 0 N–H and O–H groups in total. The van der Waals surface area contributed by atoms with Gasteiger partial charge in [0, 0.05) is 23.3 Å². The van der Waals surface area contributed by atoms with Gasteiger partial charge in [0.2, 0.25) is 11.4 Å². The first-order valence-corrected chi connectivity index (χ1v) is 13.4. The van der Waals surface area contributed by atoms with Gasteiger partial charge in [0.1, 0.15) is 0 Å². The molecule has 2 aromatic rings. The van der Waals surface area contributed by atoms with Gasteiger partial charge in [-0.25, -0.2) is 4.70 Å². The number of rotatable bonds is 10. The molecule has 0 bridgehead atoms. The number of hydrogen-bond acceptors (Lipinski definition) is 0. The van der Waals surface area contributed by atoms with Gasteiger partial charge < -0.3 is 5.53 Å². The van der Waals surface area contributed by atoms with Crippen LogP contribution in [-0.4, -0.2) is 4.70 Å². The molecule has 1 aliphatic rings. The molecule has 0 aromatic heterocycles. The van der Waals surface area contributed by atoms with Crippen molar-refractivity contribution in [3.05, 3.63) is 88.5 Å². The Balaban J connectivity index is 0.00000107. The van der Waals surface area contributed by atoms with Gasteiger partial charge in [-0.15, -0.1) is 0 Å². The molecule has 1 heterocycles. The topological polar surface area (TPSA) is 25.3 Å². The molecule has 0 fully saturated rings. The van der Waals surface area contributed by atoms with Crippen molar-refractivity contribution in [1.82, 2.24) is 0 Å². The Morgan fingerprint density at radius 2 is 1.32 bits per heavy atom. The van der Waals surface area contributed by atoms with E-state index in [1.165, 1.54) is 54.3 Å². The van der Waals surface area contributed by atoms with Gasteiger partial charge in [0.25, 0.3) is 0 Å². The Bertz CT molecular complexity index is 878. The van der Waals surface area contributed by atoms with Crippen LogP contribution in [0, 0.1) is 0 Å². The van der Waals surface area contributed by atoms with Gasteiger partial charge in [-0.2, -0.15) is 0 Å². The van der Waals surface area contributed by atoms with Crippen molar-refractivity contribution < 1.29 is 19.1 Å². The zero-order valence-corrected chi connectivity index (χ0v) is 20.6. The van der Waals surface area contributed by atoms with E-state index in [0.717, 1.165) is 35.4 Å². The molecule has 1 aliphatic heterocycles. The summed E-state index contributed by atoms with van der Waals surface area (Å²) in [5, 5.41) is 0. The first-order chi connectivity index (χ1) is 15.1. The van der Waals surface area contributed by atoms with Gasteiger partial charge in [-0.3, -0.25) is 0 Å². The number of nitrogens with zero attached hydrogens (tertiary/aromatic N) is 2. The van der Waals surface area contributed by atoms with E-state index in [1.807, 2.05) is 12.2 Å². The second-order valence-electron chi connectivity index (χ2n) is 8.04. The first kappa shape index (κ1) is 25.3. The predicted molar refractivity (Wildman–Crippen MR) is 131 cm³/mol. The van der Waals surface area contributed by atoms with E-state index in [2.05, 4.69) is 74.2 Å². The molecule has 2 nitrogen and oxygen atoms in total. The van der Waals surface area contributed by atoms with E-state index >= 15 is 0 Å². The van der Waals surface area contributed by atoms with Crippen LogP contribution in [0.3, 0.4) is 0 Å². The molecule has 0 amide bonds. The summed E-state index contributed by atoms with van der Waals surface area (Å²) < 4.78 is 1.33. The maximum atomic E-state index is 10.8. The molecule has 0 saturated heterocycles. The first-order valence-electron chi connectivity index (χ1n) is 11.5. The summed E-state index contributed by atoms with van der Waals surface area (Å²) in [5.41, 5.74) is 17.3. The molecule has 0 spiro atoms. The van der Waals surface area contributed by atoms with Gasteiger partial charge in [0.05, 0.1) is 0 Å². The van der Waals surface area contributed by atoms with Crippen molar-refractivity contribution in [2.75, 3.05) is 0 Å². The van der Waals surface area contributed by atoms with E-state index in [0.29, 0.717) is 0 Å². The van der Waals surface area contributed by atoms with Crippen LogP contribution in [0.2, 0.25) is 11.8 Å². The number of aryl methyl sites for hydroxylation is 2. The number of benzene rings is 2. The molecular formula is C28H38N2Ni. The maximum absolute atomic E-state index is 10.8.